The van der Waals surface area contributed by atoms with Crippen molar-refractivity contribution in [2.24, 2.45) is 0 Å². The van der Waals surface area contributed by atoms with Crippen molar-refractivity contribution in [2.45, 2.75) is 25.3 Å². The van der Waals surface area contributed by atoms with Crippen molar-refractivity contribution in [1.29, 1.82) is 0 Å². The number of fused-ring (bicyclic) bond motifs is 1. The fraction of sp³-hybridized carbons (Fsp3) is 0.500. The summed E-state index contributed by atoms with van der Waals surface area (Å²) in [6.45, 7) is 5.04. The molecule has 0 spiro atoms. The molecule has 2 heterocycles. The molecular weight excluding hydrogens is 166 g/mol. The largest absolute Gasteiger partial charge is 0.310 e. The van der Waals surface area contributed by atoms with Gasteiger partial charge in [0, 0.05) is 17.5 Å². The Kier molecular flexibility index (Phi) is 2.47. The van der Waals surface area contributed by atoms with Gasteiger partial charge in [-0.25, -0.2) is 0 Å². The Morgan fingerprint density at radius 1 is 1.67 bits per heavy atom. The van der Waals surface area contributed by atoms with E-state index in [4.69, 9.17) is 0 Å². The van der Waals surface area contributed by atoms with Crippen LogP contribution in [0.1, 0.15) is 29.3 Å². The lowest BCUT2D eigenvalue weighted by Crippen LogP contribution is -2.28. The van der Waals surface area contributed by atoms with Crippen LogP contribution in [0.25, 0.3) is 0 Å². The van der Waals surface area contributed by atoms with Gasteiger partial charge >= 0.3 is 0 Å². The molecule has 1 radical (unpaired) electrons. The minimum absolute atomic E-state index is 0.581. The molecule has 0 aromatic carbocycles. The molecule has 1 unspecified atom stereocenters. The van der Waals surface area contributed by atoms with Crippen LogP contribution in [0.5, 0.6) is 0 Å². The van der Waals surface area contributed by atoms with E-state index in [2.05, 4.69) is 23.7 Å². The van der Waals surface area contributed by atoms with Crippen LogP contribution in [0.15, 0.2) is 11.4 Å². The standard InChI is InChI=1S/C10H14NS/c1-2-3-9-8-5-7-12-10(8)4-6-11-9/h5,7,9,11H,1-4,6H2. The molecular formula is C10H14NS. The minimum atomic E-state index is 0.581. The first kappa shape index (κ1) is 8.27. The predicted molar refractivity (Wildman–Crippen MR) is 53.4 cm³/mol. The Hall–Kier alpha value is -0.340. The summed E-state index contributed by atoms with van der Waals surface area (Å²) in [6, 6.07) is 2.84. The molecule has 0 saturated carbocycles. The third-order valence-electron chi connectivity index (χ3n) is 2.39. The van der Waals surface area contributed by atoms with Crippen molar-refractivity contribution in [3.63, 3.8) is 0 Å². The maximum Gasteiger partial charge on any atom is 0.0331 e. The van der Waals surface area contributed by atoms with E-state index in [1.807, 2.05) is 11.3 Å². The second-order valence-corrected chi connectivity index (χ2v) is 4.20. The zero-order chi connectivity index (χ0) is 8.39. The van der Waals surface area contributed by atoms with E-state index < -0.39 is 0 Å². The summed E-state index contributed by atoms with van der Waals surface area (Å²) >= 11 is 1.89. The summed E-state index contributed by atoms with van der Waals surface area (Å²) in [5.74, 6) is 0. The van der Waals surface area contributed by atoms with E-state index >= 15 is 0 Å². The maximum atomic E-state index is 3.90. The van der Waals surface area contributed by atoms with E-state index in [1.54, 1.807) is 4.88 Å². The summed E-state index contributed by atoms with van der Waals surface area (Å²) < 4.78 is 0. The van der Waals surface area contributed by atoms with Gasteiger partial charge in [-0.15, -0.1) is 11.3 Å². The molecule has 1 N–H and O–H groups in total. The summed E-state index contributed by atoms with van der Waals surface area (Å²) in [7, 11) is 0. The lowest BCUT2D eigenvalue weighted by atomic mass is 9.99. The highest BCUT2D eigenvalue weighted by Crippen LogP contribution is 2.29. The lowest BCUT2D eigenvalue weighted by molar-refractivity contribution is 0.483. The Morgan fingerprint density at radius 3 is 3.42 bits per heavy atom. The first-order valence-corrected chi connectivity index (χ1v) is 5.38. The van der Waals surface area contributed by atoms with E-state index in [0.717, 1.165) is 13.0 Å². The molecule has 1 aliphatic rings. The summed E-state index contributed by atoms with van der Waals surface area (Å²) in [5.41, 5.74) is 1.52. The van der Waals surface area contributed by atoms with Gasteiger partial charge in [-0.2, -0.15) is 0 Å². The van der Waals surface area contributed by atoms with E-state index in [0.29, 0.717) is 6.04 Å². The normalized spacial score (nSPS) is 22.2. The lowest BCUT2D eigenvalue weighted by Gasteiger charge is -2.23. The molecule has 0 saturated heterocycles. The molecule has 1 atom stereocenters. The van der Waals surface area contributed by atoms with Crippen LogP contribution in [-0.2, 0) is 6.42 Å². The molecule has 12 heavy (non-hydrogen) atoms. The Bertz CT molecular complexity index is 254. The van der Waals surface area contributed by atoms with Crippen LogP contribution < -0.4 is 5.32 Å². The number of hydrogen-bond acceptors (Lipinski definition) is 2. The summed E-state index contributed by atoms with van der Waals surface area (Å²) in [5, 5.41) is 5.73. The van der Waals surface area contributed by atoms with Crippen molar-refractivity contribution >= 4 is 11.3 Å². The topological polar surface area (TPSA) is 12.0 Å². The van der Waals surface area contributed by atoms with Crippen LogP contribution in [0.2, 0.25) is 0 Å². The van der Waals surface area contributed by atoms with Crippen LogP contribution in [0, 0.1) is 6.92 Å². The molecule has 1 nitrogen and oxygen atoms in total. The first-order chi connectivity index (χ1) is 5.92. The maximum absolute atomic E-state index is 3.90. The Balaban J connectivity index is 2.19. The minimum Gasteiger partial charge on any atom is -0.310 e. The summed E-state index contributed by atoms with van der Waals surface area (Å²) in [4.78, 5) is 1.58. The Labute approximate surface area is 77.8 Å². The fourth-order valence-corrected chi connectivity index (χ4v) is 2.74. The molecule has 0 amide bonds. The molecule has 1 aromatic rings. The molecule has 0 fully saturated rings. The van der Waals surface area contributed by atoms with Crippen molar-refractivity contribution in [3.8, 4) is 0 Å². The first-order valence-electron chi connectivity index (χ1n) is 4.50. The number of nitrogens with one attached hydrogen (secondary N) is 1. The van der Waals surface area contributed by atoms with Crippen LogP contribution >= 0.6 is 11.3 Å². The van der Waals surface area contributed by atoms with Gasteiger partial charge in [0.2, 0.25) is 0 Å². The average molecular weight is 180 g/mol. The van der Waals surface area contributed by atoms with Gasteiger partial charge < -0.3 is 5.32 Å². The highest BCUT2D eigenvalue weighted by atomic mass is 32.1. The second kappa shape index (κ2) is 3.58. The van der Waals surface area contributed by atoms with Crippen LogP contribution in [0.3, 0.4) is 0 Å². The molecule has 65 valence electrons. The van der Waals surface area contributed by atoms with Crippen molar-refractivity contribution in [1.82, 2.24) is 5.32 Å². The van der Waals surface area contributed by atoms with Crippen LogP contribution in [0.4, 0.5) is 0 Å². The SMILES string of the molecule is [CH2]CCC1NCCc2sccc21. The molecule has 2 rings (SSSR count). The molecule has 0 aliphatic carbocycles. The van der Waals surface area contributed by atoms with Gasteiger partial charge in [-0.05, 0) is 29.9 Å². The van der Waals surface area contributed by atoms with Crippen molar-refractivity contribution < 1.29 is 0 Å². The van der Waals surface area contributed by atoms with Crippen molar-refractivity contribution in [3.05, 3.63) is 28.8 Å². The third kappa shape index (κ3) is 1.41. The van der Waals surface area contributed by atoms with Gasteiger partial charge in [0.05, 0.1) is 0 Å². The van der Waals surface area contributed by atoms with Gasteiger partial charge in [0.15, 0.2) is 0 Å². The molecule has 1 aliphatic heterocycles. The fourth-order valence-electron chi connectivity index (χ4n) is 1.80. The number of rotatable bonds is 2. The average Bonchev–Trinajstić information content (AvgIpc) is 2.53. The van der Waals surface area contributed by atoms with Crippen LogP contribution in [-0.4, -0.2) is 6.54 Å². The van der Waals surface area contributed by atoms with E-state index in [-0.39, 0.29) is 0 Å². The van der Waals surface area contributed by atoms with Gasteiger partial charge in [-0.3, -0.25) is 0 Å². The number of thiophene rings is 1. The van der Waals surface area contributed by atoms with Gasteiger partial charge in [0.25, 0.3) is 0 Å². The highest BCUT2D eigenvalue weighted by molar-refractivity contribution is 7.10. The highest BCUT2D eigenvalue weighted by Gasteiger charge is 2.18. The Morgan fingerprint density at radius 2 is 2.58 bits per heavy atom. The van der Waals surface area contributed by atoms with E-state index in [1.165, 1.54) is 18.4 Å². The predicted octanol–water partition coefficient (Wildman–Crippen LogP) is 2.55. The third-order valence-corrected chi connectivity index (χ3v) is 3.39. The second-order valence-electron chi connectivity index (χ2n) is 3.20. The van der Waals surface area contributed by atoms with Gasteiger partial charge in [-0.1, -0.05) is 13.3 Å². The number of hydrogen-bond donors (Lipinski definition) is 1. The van der Waals surface area contributed by atoms with Crippen molar-refractivity contribution in [2.75, 3.05) is 6.54 Å². The molecule has 1 aromatic heterocycles. The van der Waals surface area contributed by atoms with Gasteiger partial charge in [0.1, 0.15) is 0 Å². The molecule has 0 bridgehead atoms. The zero-order valence-electron chi connectivity index (χ0n) is 7.18. The van der Waals surface area contributed by atoms with E-state index in [9.17, 15) is 0 Å². The monoisotopic (exact) mass is 180 g/mol. The summed E-state index contributed by atoms with van der Waals surface area (Å²) in [6.07, 6.45) is 3.40. The molecule has 2 heteroatoms. The smallest absolute Gasteiger partial charge is 0.0331 e. The quantitative estimate of drug-likeness (QED) is 0.737. The zero-order valence-corrected chi connectivity index (χ0v) is 7.99.